The monoisotopic (exact) mass is 346 g/mol. The van der Waals surface area contributed by atoms with Gasteiger partial charge in [-0.25, -0.2) is 15.0 Å². The minimum absolute atomic E-state index is 0.0806. The zero-order chi connectivity index (χ0) is 17.6. The SMILES string of the molecule is CC(=O)OC[C@@]12CO[C@@H]([C@H](n3cnc4c(N)ncnc43)O1)[C@@H]2N=[N+]=[N-]. The topological polar surface area (TPSA) is 163 Å². The highest BCUT2D eigenvalue weighted by Gasteiger charge is 2.62. The molecule has 2 saturated heterocycles. The van der Waals surface area contributed by atoms with E-state index in [4.69, 9.17) is 25.5 Å². The van der Waals surface area contributed by atoms with Crippen LogP contribution in [0.2, 0.25) is 0 Å². The van der Waals surface area contributed by atoms with Crippen molar-refractivity contribution in [3.8, 4) is 0 Å². The van der Waals surface area contributed by atoms with Crippen molar-refractivity contribution in [3.63, 3.8) is 0 Å². The van der Waals surface area contributed by atoms with Gasteiger partial charge in [0.25, 0.3) is 0 Å². The molecule has 0 unspecified atom stereocenters. The van der Waals surface area contributed by atoms with E-state index in [-0.39, 0.29) is 19.0 Å². The van der Waals surface area contributed by atoms with Gasteiger partial charge in [0.15, 0.2) is 17.7 Å². The van der Waals surface area contributed by atoms with Gasteiger partial charge in [-0.1, -0.05) is 5.11 Å². The van der Waals surface area contributed by atoms with E-state index in [1.165, 1.54) is 19.6 Å². The Kier molecular flexibility index (Phi) is 3.46. The fourth-order valence-corrected chi connectivity index (χ4v) is 3.25. The molecule has 2 aliphatic heterocycles. The number of nitrogens with zero attached hydrogens (tertiary/aromatic N) is 7. The van der Waals surface area contributed by atoms with Gasteiger partial charge in [-0.15, -0.1) is 0 Å². The quantitative estimate of drug-likeness (QED) is 0.358. The molecule has 0 amide bonds. The van der Waals surface area contributed by atoms with Crippen LogP contribution in [0.15, 0.2) is 17.8 Å². The average molecular weight is 346 g/mol. The molecule has 0 saturated carbocycles. The second kappa shape index (κ2) is 5.55. The van der Waals surface area contributed by atoms with Gasteiger partial charge in [0.1, 0.15) is 36.2 Å². The summed E-state index contributed by atoms with van der Waals surface area (Å²) in [5.41, 5.74) is 14.5. The lowest BCUT2D eigenvalue weighted by molar-refractivity contribution is -0.192. The summed E-state index contributed by atoms with van der Waals surface area (Å²) in [7, 11) is 0. The number of fused-ring (bicyclic) bond motifs is 3. The van der Waals surface area contributed by atoms with Crippen LogP contribution < -0.4 is 5.73 Å². The van der Waals surface area contributed by atoms with Gasteiger partial charge in [0.05, 0.1) is 12.9 Å². The average Bonchev–Trinajstić information content (AvgIpc) is 3.24. The number of nitrogens with two attached hydrogens (primary N) is 1. The summed E-state index contributed by atoms with van der Waals surface area (Å²) in [5.74, 6) is -0.216. The van der Waals surface area contributed by atoms with Crippen molar-refractivity contribution in [1.82, 2.24) is 19.5 Å². The molecule has 0 spiro atoms. The van der Waals surface area contributed by atoms with E-state index in [2.05, 4.69) is 25.0 Å². The molecular weight excluding hydrogens is 332 g/mol. The zero-order valence-corrected chi connectivity index (χ0v) is 13.1. The molecule has 4 rings (SSSR count). The number of rotatable bonds is 4. The highest BCUT2D eigenvalue weighted by atomic mass is 16.6. The summed E-state index contributed by atoms with van der Waals surface area (Å²) in [6, 6.07) is -0.654. The van der Waals surface area contributed by atoms with E-state index in [9.17, 15) is 4.79 Å². The van der Waals surface area contributed by atoms with Crippen LogP contribution in [-0.4, -0.2) is 56.4 Å². The maximum atomic E-state index is 11.2. The van der Waals surface area contributed by atoms with Crippen molar-refractivity contribution in [3.05, 3.63) is 23.1 Å². The Morgan fingerprint density at radius 1 is 1.60 bits per heavy atom. The van der Waals surface area contributed by atoms with Gasteiger partial charge < -0.3 is 19.9 Å². The van der Waals surface area contributed by atoms with Gasteiger partial charge in [0.2, 0.25) is 0 Å². The number of hydrogen-bond donors (Lipinski definition) is 1. The molecule has 2 bridgehead atoms. The van der Waals surface area contributed by atoms with E-state index >= 15 is 0 Å². The Morgan fingerprint density at radius 2 is 2.44 bits per heavy atom. The summed E-state index contributed by atoms with van der Waals surface area (Å²) in [5, 5.41) is 3.80. The van der Waals surface area contributed by atoms with Crippen LogP contribution >= 0.6 is 0 Å². The van der Waals surface area contributed by atoms with Crippen LogP contribution in [0, 0.1) is 0 Å². The van der Waals surface area contributed by atoms with Gasteiger partial charge in [-0.3, -0.25) is 9.36 Å². The van der Waals surface area contributed by atoms with Crippen molar-refractivity contribution in [2.75, 3.05) is 18.9 Å². The summed E-state index contributed by atoms with van der Waals surface area (Å²) in [4.78, 5) is 26.4. The molecule has 0 radical (unpaired) electrons. The minimum Gasteiger partial charge on any atom is -0.463 e. The Morgan fingerprint density at radius 3 is 3.20 bits per heavy atom. The normalized spacial score (nSPS) is 30.4. The second-order valence-corrected chi connectivity index (χ2v) is 5.86. The number of hydrogen-bond acceptors (Lipinski definition) is 9. The molecule has 0 aromatic carbocycles. The third kappa shape index (κ3) is 2.27. The Bertz CT molecular complexity index is 893. The number of aromatic nitrogens is 4. The first-order valence-corrected chi connectivity index (χ1v) is 7.46. The number of anilines is 1. The predicted molar refractivity (Wildman–Crippen MR) is 81.9 cm³/mol. The molecule has 4 atom stereocenters. The van der Waals surface area contributed by atoms with Crippen LogP contribution in [0.1, 0.15) is 13.2 Å². The van der Waals surface area contributed by atoms with Gasteiger partial charge in [-0.2, -0.15) is 0 Å². The van der Waals surface area contributed by atoms with E-state index in [1.54, 1.807) is 4.57 Å². The highest BCUT2D eigenvalue weighted by molar-refractivity contribution is 5.81. The number of nitrogen functional groups attached to an aromatic ring is 1. The van der Waals surface area contributed by atoms with Crippen molar-refractivity contribution >= 4 is 23.0 Å². The lowest BCUT2D eigenvalue weighted by atomic mass is 9.98. The number of imidazole rings is 1. The number of ether oxygens (including phenoxy) is 3. The van der Waals surface area contributed by atoms with Crippen molar-refractivity contribution in [2.24, 2.45) is 5.11 Å². The molecule has 130 valence electrons. The summed E-state index contributed by atoms with van der Waals surface area (Å²) in [6.45, 7) is 1.36. The third-order valence-corrected chi connectivity index (χ3v) is 4.36. The molecule has 2 aromatic rings. The van der Waals surface area contributed by atoms with Gasteiger partial charge >= 0.3 is 5.97 Å². The van der Waals surface area contributed by atoms with Crippen molar-refractivity contribution in [2.45, 2.75) is 30.9 Å². The smallest absolute Gasteiger partial charge is 0.302 e. The number of azide groups is 1. The number of carbonyl (C=O) groups is 1. The fourth-order valence-electron chi connectivity index (χ4n) is 3.25. The van der Waals surface area contributed by atoms with E-state index in [1.807, 2.05) is 0 Å². The van der Waals surface area contributed by atoms with Crippen LogP contribution in [0.3, 0.4) is 0 Å². The Balaban J connectivity index is 1.73. The summed E-state index contributed by atoms with van der Waals surface area (Å²) < 4.78 is 18.6. The molecule has 25 heavy (non-hydrogen) atoms. The molecular formula is C13H14N8O4. The summed E-state index contributed by atoms with van der Waals surface area (Å²) >= 11 is 0. The van der Waals surface area contributed by atoms with E-state index < -0.39 is 29.9 Å². The minimum atomic E-state index is -1.05. The lowest BCUT2D eigenvalue weighted by Gasteiger charge is -2.30. The van der Waals surface area contributed by atoms with Crippen LogP contribution in [0.4, 0.5) is 5.82 Å². The zero-order valence-electron chi connectivity index (χ0n) is 13.1. The van der Waals surface area contributed by atoms with Crippen LogP contribution in [-0.2, 0) is 19.0 Å². The van der Waals surface area contributed by atoms with Crippen molar-refractivity contribution < 1.29 is 19.0 Å². The molecule has 0 aliphatic carbocycles. The molecule has 2 aliphatic rings. The standard InChI is InChI=1S/C13H14N8O4/c1-6(22)23-2-13-3-24-8(9(13)19-20-15)12(25-13)21-5-18-7-10(14)16-4-17-11(7)21/h4-5,8-9,12H,2-3H2,1H3,(H2,14,16,17)/t8-,9+,12-,13+/m1/s1. The first-order chi connectivity index (χ1) is 12.1. The molecule has 4 heterocycles. The van der Waals surface area contributed by atoms with E-state index in [0.717, 1.165) is 0 Å². The Labute approximate surface area is 140 Å². The van der Waals surface area contributed by atoms with Gasteiger partial charge in [-0.05, 0) is 5.53 Å². The molecule has 2 aromatic heterocycles. The maximum Gasteiger partial charge on any atom is 0.302 e. The third-order valence-electron chi connectivity index (χ3n) is 4.36. The fraction of sp³-hybridized carbons (Fsp3) is 0.538. The molecule has 12 heteroatoms. The van der Waals surface area contributed by atoms with Crippen LogP contribution in [0.5, 0.6) is 0 Å². The first-order valence-electron chi connectivity index (χ1n) is 7.46. The molecule has 12 nitrogen and oxygen atoms in total. The summed E-state index contributed by atoms with van der Waals surface area (Å²) in [6.07, 6.45) is 1.61. The molecule has 2 N–H and O–H groups in total. The lowest BCUT2D eigenvalue weighted by Crippen LogP contribution is -2.44. The Hall–Kier alpha value is -2.95. The molecule has 2 fully saturated rings. The first kappa shape index (κ1) is 15.6. The second-order valence-electron chi connectivity index (χ2n) is 5.86. The van der Waals surface area contributed by atoms with E-state index in [0.29, 0.717) is 11.2 Å². The predicted octanol–water partition coefficient (Wildman–Crippen LogP) is 0.317. The van der Waals surface area contributed by atoms with Gasteiger partial charge in [0, 0.05) is 11.8 Å². The number of carbonyl (C=O) groups excluding carboxylic acids is 1. The number of esters is 1. The largest absolute Gasteiger partial charge is 0.463 e. The van der Waals surface area contributed by atoms with Crippen molar-refractivity contribution in [1.29, 1.82) is 0 Å². The maximum absolute atomic E-state index is 11.2. The highest BCUT2D eigenvalue weighted by Crippen LogP contribution is 2.47. The van der Waals surface area contributed by atoms with Crippen LogP contribution in [0.25, 0.3) is 21.6 Å².